The molecule has 0 bridgehead atoms. The maximum Gasteiger partial charge on any atom is 0.252 e. The highest BCUT2D eigenvalue weighted by molar-refractivity contribution is 7.00. The molecule has 0 atom stereocenters. The maximum atomic E-state index is 2.68. The van der Waals surface area contributed by atoms with Crippen molar-refractivity contribution in [1.29, 1.82) is 0 Å². The Labute approximate surface area is 445 Å². The van der Waals surface area contributed by atoms with Crippen LogP contribution in [0.1, 0.15) is 25.0 Å². The van der Waals surface area contributed by atoms with E-state index in [0.717, 1.165) is 5.69 Å². The van der Waals surface area contributed by atoms with Crippen LogP contribution in [0.5, 0.6) is 0 Å². The summed E-state index contributed by atoms with van der Waals surface area (Å²) < 4.78 is 5.35. The lowest BCUT2D eigenvalue weighted by molar-refractivity contribution is 0.632. The van der Waals surface area contributed by atoms with E-state index in [2.05, 4.69) is 271 Å². The molecule has 0 amide bonds. The molecule has 356 valence electrons. The van der Waals surface area contributed by atoms with Crippen LogP contribution < -0.4 is 21.3 Å². The molecule has 5 heterocycles. The predicted octanol–water partition coefficient (Wildman–Crippen LogP) is 17.1. The van der Waals surface area contributed by atoms with Gasteiger partial charge in [0.1, 0.15) is 0 Å². The van der Waals surface area contributed by atoms with Crippen molar-refractivity contribution in [2.24, 2.45) is 0 Å². The van der Waals surface area contributed by atoms with E-state index in [-0.39, 0.29) is 12.1 Å². The molecule has 0 fully saturated rings. The Hall–Kier alpha value is -9.64. The monoisotopic (exact) mass is 975 g/mol. The highest BCUT2D eigenvalue weighted by Crippen LogP contribution is 2.55. The predicted molar refractivity (Wildman–Crippen MR) is 327 cm³/mol. The third-order valence-corrected chi connectivity index (χ3v) is 18.2. The van der Waals surface area contributed by atoms with Gasteiger partial charge < -0.3 is 14.0 Å². The molecule has 13 aromatic carbocycles. The van der Waals surface area contributed by atoms with Crippen molar-refractivity contribution in [1.82, 2.24) is 9.13 Å². The number of hydrogen-bond acceptors (Lipinski definition) is 1. The molecule has 3 aliphatic heterocycles. The lowest BCUT2D eigenvalue weighted by Crippen LogP contribution is -2.59. The average Bonchev–Trinajstić information content (AvgIpc) is 4.27. The molecule has 3 nitrogen and oxygen atoms in total. The fourth-order valence-corrected chi connectivity index (χ4v) is 14.8. The number of nitrogens with zero attached hydrogens (tertiary/aromatic N) is 3. The number of benzene rings is 13. The molecule has 2 aromatic heterocycles. The summed E-state index contributed by atoms with van der Waals surface area (Å²) >= 11 is 0. The second kappa shape index (κ2) is 14.8. The van der Waals surface area contributed by atoms with Crippen LogP contribution in [0, 0.1) is 0 Å². The molecule has 3 aliphatic rings. The Morgan fingerprint density at radius 1 is 0.325 bits per heavy atom. The second-order valence-electron chi connectivity index (χ2n) is 22.3. The summed E-state index contributed by atoms with van der Waals surface area (Å²) in [6.45, 7) is 4.80. The minimum Gasteiger partial charge on any atom is -0.310 e. The summed E-state index contributed by atoms with van der Waals surface area (Å²) in [6.07, 6.45) is 0. The van der Waals surface area contributed by atoms with Gasteiger partial charge in [-0.05, 0) is 141 Å². The zero-order valence-electron chi connectivity index (χ0n) is 42.5. The maximum absolute atomic E-state index is 2.68. The first-order valence-corrected chi connectivity index (χ1v) is 27.1. The molecule has 0 unspecified atom stereocenters. The standard InChI is InChI=1S/C73H46BN3/c1-73(2)56-37-47(43-17-5-3-6-18-43)31-33-60(56)75(61-34-32-48(38-57(61)73)44-19-7-4-8-20-44)51-41-64-70-65(42-51)77-63-36-30-46-22-10-14-26-53(46)67(63)69-55-28-16-12-24-50(55)40-59(72(69)77)74(70)58-39-49-23-11-15-27-54(49)68-66-52-25-13-9-21-45(52)29-35-62(66)76(64)71(58)68/h3-42H,1-2H3. The van der Waals surface area contributed by atoms with E-state index in [0.29, 0.717) is 0 Å². The van der Waals surface area contributed by atoms with E-state index in [9.17, 15) is 0 Å². The summed E-state index contributed by atoms with van der Waals surface area (Å²) in [5.74, 6) is 0. The topological polar surface area (TPSA) is 13.1 Å². The lowest BCUT2D eigenvalue weighted by atomic mass is 9.34. The van der Waals surface area contributed by atoms with Crippen molar-refractivity contribution >= 4 is 127 Å². The average molecular weight is 976 g/mol. The van der Waals surface area contributed by atoms with Gasteiger partial charge in [0.2, 0.25) is 0 Å². The van der Waals surface area contributed by atoms with Crippen LogP contribution in [-0.4, -0.2) is 15.8 Å². The van der Waals surface area contributed by atoms with Crippen LogP contribution in [0.2, 0.25) is 0 Å². The summed E-state index contributed by atoms with van der Waals surface area (Å²) in [5.41, 5.74) is 22.2. The Kier molecular flexibility index (Phi) is 8.02. The van der Waals surface area contributed by atoms with Crippen LogP contribution in [-0.2, 0) is 5.41 Å². The van der Waals surface area contributed by atoms with Gasteiger partial charge in [0.25, 0.3) is 6.71 Å². The zero-order chi connectivity index (χ0) is 50.4. The molecule has 15 aromatic rings. The molecule has 0 spiro atoms. The molecule has 18 rings (SSSR count). The molecule has 0 saturated carbocycles. The number of hydrogen-bond donors (Lipinski definition) is 0. The van der Waals surface area contributed by atoms with Crippen molar-refractivity contribution in [3.63, 3.8) is 0 Å². The van der Waals surface area contributed by atoms with E-state index >= 15 is 0 Å². The van der Waals surface area contributed by atoms with Gasteiger partial charge in [-0.15, -0.1) is 0 Å². The van der Waals surface area contributed by atoms with Gasteiger partial charge >= 0.3 is 0 Å². The van der Waals surface area contributed by atoms with Crippen LogP contribution in [0.25, 0.3) is 120 Å². The van der Waals surface area contributed by atoms with Gasteiger partial charge in [-0.3, -0.25) is 0 Å². The quantitative estimate of drug-likeness (QED) is 0.161. The minimum absolute atomic E-state index is 0.0545. The molecule has 0 radical (unpaired) electrons. The van der Waals surface area contributed by atoms with Crippen LogP contribution in [0.15, 0.2) is 243 Å². The fourth-order valence-electron chi connectivity index (χ4n) is 14.8. The normalized spacial score (nSPS) is 13.9. The molecule has 77 heavy (non-hydrogen) atoms. The van der Waals surface area contributed by atoms with E-state index < -0.39 is 0 Å². The van der Waals surface area contributed by atoms with Crippen LogP contribution >= 0.6 is 0 Å². The number of aromatic nitrogens is 2. The smallest absolute Gasteiger partial charge is 0.252 e. The molecule has 0 saturated heterocycles. The number of fused-ring (bicyclic) bond motifs is 20. The summed E-state index contributed by atoms with van der Waals surface area (Å²) in [6, 6.07) is 92.1. The van der Waals surface area contributed by atoms with Gasteiger partial charge in [-0.25, -0.2) is 0 Å². The van der Waals surface area contributed by atoms with Crippen molar-refractivity contribution in [2.75, 3.05) is 4.90 Å². The van der Waals surface area contributed by atoms with Crippen LogP contribution in [0.4, 0.5) is 17.1 Å². The van der Waals surface area contributed by atoms with E-state index in [1.807, 2.05) is 0 Å². The van der Waals surface area contributed by atoms with Crippen molar-refractivity contribution in [3.8, 4) is 33.6 Å². The van der Waals surface area contributed by atoms with Crippen molar-refractivity contribution in [2.45, 2.75) is 19.3 Å². The molecular weight excluding hydrogens is 930 g/mol. The van der Waals surface area contributed by atoms with Gasteiger partial charge in [0.15, 0.2) is 0 Å². The number of anilines is 3. The Morgan fingerprint density at radius 3 is 1.18 bits per heavy atom. The highest BCUT2D eigenvalue weighted by Gasteiger charge is 2.44. The summed E-state index contributed by atoms with van der Waals surface area (Å²) in [4.78, 5) is 2.60. The molecule has 0 aliphatic carbocycles. The Bertz CT molecular complexity index is 4820. The minimum atomic E-state index is -0.335. The first-order valence-electron chi connectivity index (χ1n) is 27.1. The fraction of sp³-hybridized carbons (Fsp3) is 0.0411. The van der Waals surface area contributed by atoms with Crippen LogP contribution in [0.3, 0.4) is 0 Å². The van der Waals surface area contributed by atoms with Gasteiger partial charge in [0.05, 0.1) is 39.1 Å². The van der Waals surface area contributed by atoms with E-state index in [1.165, 1.54) is 159 Å². The SMILES string of the molecule is CC1(C)c2cc(-c3ccccc3)ccc2N(c2cc3c4c(c2)-n2c5ccc6ccccc6c5c5c6ccccc6cc(c52)B4c2cc4ccccc4c4c5c6ccccc6ccc5n-3c24)c2ccc(-c3ccccc3)cc21. The zero-order valence-corrected chi connectivity index (χ0v) is 42.5. The largest absolute Gasteiger partial charge is 0.310 e. The highest BCUT2D eigenvalue weighted by atomic mass is 15.2. The van der Waals surface area contributed by atoms with Gasteiger partial charge in [-0.2, -0.15) is 0 Å². The van der Waals surface area contributed by atoms with Crippen molar-refractivity contribution < 1.29 is 0 Å². The lowest BCUT2D eigenvalue weighted by Gasteiger charge is -2.43. The van der Waals surface area contributed by atoms with Gasteiger partial charge in [-0.1, -0.05) is 208 Å². The van der Waals surface area contributed by atoms with E-state index in [4.69, 9.17) is 0 Å². The molecular formula is C73H46BN3. The van der Waals surface area contributed by atoms with Crippen molar-refractivity contribution in [3.05, 3.63) is 254 Å². The first kappa shape index (κ1) is 41.7. The molecule has 4 heteroatoms. The second-order valence-corrected chi connectivity index (χ2v) is 22.3. The molecule has 0 N–H and O–H groups in total. The summed E-state index contributed by atoms with van der Waals surface area (Å²) in [7, 11) is 0. The third-order valence-electron chi connectivity index (χ3n) is 18.2. The van der Waals surface area contributed by atoms with E-state index in [1.54, 1.807) is 0 Å². The first-order chi connectivity index (χ1) is 38.0. The Morgan fingerprint density at radius 2 is 0.727 bits per heavy atom. The summed E-state index contributed by atoms with van der Waals surface area (Å²) in [5, 5.41) is 15.5. The number of rotatable bonds is 3. The Balaban J connectivity index is 1.04. The van der Waals surface area contributed by atoms with Gasteiger partial charge in [0, 0.05) is 38.3 Å². The third kappa shape index (κ3) is 5.37.